The van der Waals surface area contributed by atoms with Gasteiger partial charge in [0.1, 0.15) is 11.2 Å². The third kappa shape index (κ3) is 3.29. The molecule has 26 heavy (non-hydrogen) atoms. The quantitative estimate of drug-likeness (QED) is 0.496. The molecule has 152 valence electrons. The van der Waals surface area contributed by atoms with Gasteiger partial charge in [-0.2, -0.15) is 0 Å². The Morgan fingerprint density at radius 2 is 1.15 bits per heavy atom. The fourth-order valence-electron chi connectivity index (χ4n) is 6.52. The van der Waals surface area contributed by atoms with Gasteiger partial charge in [0.2, 0.25) is 0 Å². The molecule has 0 radical (unpaired) electrons. The van der Waals surface area contributed by atoms with Crippen molar-refractivity contribution in [3.8, 4) is 0 Å². The van der Waals surface area contributed by atoms with Gasteiger partial charge in [0, 0.05) is 10.8 Å². The molecule has 2 fully saturated rings. The van der Waals surface area contributed by atoms with Crippen LogP contribution in [0.5, 0.6) is 0 Å². The Bertz CT molecular complexity index is 466. The SMILES string of the molecule is CCC1(OC(=O)OC2(CC)C(C)CCCC2(C)C)C(C)CCCC1(C)C. The lowest BCUT2D eigenvalue weighted by atomic mass is 9.59. The summed E-state index contributed by atoms with van der Waals surface area (Å²) in [5.41, 5.74) is -0.907. The van der Waals surface area contributed by atoms with Crippen molar-refractivity contribution < 1.29 is 14.3 Å². The maximum Gasteiger partial charge on any atom is 0.509 e. The van der Waals surface area contributed by atoms with Crippen LogP contribution in [0.4, 0.5) is 4.79 Å². The minimum atomic E-state index is -0.447. The molecule has 0 saturated heterocycles. The van der Waals surface area contributed by atoms with E-state index >= 15 is 0 Å². The zero-order chi connectivity index (χ0) is 19.8. The van der Waals surface area contributed by atoms with E-state index in [2.05, 4.69) is 55.4 Å². The van der Waals surface area contributed by atoms with Gasteiger partial charge in [0.25, 0.3) is 0 Å². The summed E-state index contributed by atoms with van der Waals surface area (Å²) >= 11 is 0. The van der Waals surface area contributed by atoms with Crippen LogP contribution in [0.3, 0.4) is 0 Å². The molecule has 4 atom stereocenters. The van der Waals surface area contributed by atoms with Crippen molar-refractivity contribution in [1.29, 1.82) is 0 Å². The molecule has 4 unspecified atom stereocenters. The molecule has 3 nitrogen and oxygen atoms in total. The fraction of sp³-hybridized carbons (Fsp3) is 0.957. The van der Waals surface area contributed by atoms with Crippen LogP contribution in [-0.4, -0.2) is 17.4 Å². The highest BCUT2D eigenvalue weighted by Gasteiger charge is 2.56. The molecular weight excluding hydrogens is 324 g/mol. The van der Waals surface area contributed by atoms with Crippen molar-refractivity contribution in [3.63, 3.8) is 0 Å². The van der Waals surface area contributed by atoms with Crippen LogP contribution in [0.15, 0.2) is 0 Å². The molecule has 0 spiro atoms. The van der Waals surface area contributed by atoms with Gasteiger partial charge >= 0.3 is 6.16 Å². The minimum Gasteiger partial charge on any atom is -0.427 e. The molecule has 0 aromatic heterocycles. The third-order valence-corrected chi connectivity index (χ3v) is 8.34. The number of carbonyl (C=O) groups excluding carboxylic acids is 1. The van der Waals surface area contributed by atoms with E-state index in [0.29, 0.717) is 11.8 Å². The Hall–Kier alpha value is -0.730. The van der Waals surface area contributed by atoms with Crippen molar-refractivity contribution in [2.75, 3.05) is 0 Å². The molecule has 3 heteroatoms. The standard InChI is InChI=1S/C23H42O3/c1-9-22(17(3)13-11-15-20(22,5)6)25-19(24)26-23(10-2)18(4)14-12-16-21(23,7)8/h17-18H,9-16H2,1-8H3. The summed E-state index contributed by atoms with van der Waals surface area (Å²) in [7, 11) is 0. The van der Waals surface area contributed by atoms with E-state index in [1.165, 1.54) is 12.8 Å². The van der Waals surface area contributed by atoms with Crippen molar-refractivity contribution in [3.05, 3.63) is 0 Å². The molecule has 0 amide bonds. The zero-order valence-corrected chi connectivity index (χ0v) is 18.5. The summed E-state index contributed by atoms with van der Waals surface area (Å²) in [6.45, 7) is 17.8. The lowest BCUT2D eigenvalue weighted by Gasteiger charge is -2.55. The number of ether oxygens (including phenoxy) is 2. The largest absolute Gasteiger partial charge is 0.509 e. The molecule has 2 saturated carbocycles. The van der Waals surface area contributed by atoms with Gasteiger partial charge in [-0.3, -0.25) is 0 Å². The van der Waals surface area contributed by atoms with E-state index in [4.69, 9.17) is 9.47 Å². The zero-order valence-electron chi connectivity index (χ0n) is 18.5. The summed E-state index contributed by atoms with van der Waals surface area (Å²) < 4.78 is 12.5. The second-order valence-corrected chi connectivity index (χ2v) is 10.3. The minimum absolute atomic E-state index is 0.0223. The van der Waals surface area contributed by atoms with Crippen LogP contribution < -0.4 is 0 Å². The van der Waals surface area contributed by atoms with Crippen LogP contribution in [0, 0.1) is 22.7 Å². The van der Waals surface area contributed by atoms with E-state index < -0.39 is 17.4 Å². The van der Waals surface area contributed by atoms with Gasteiger partial charge in [-0.25, -0.2) is 4.79 Å². The first-order valence-electron chi connectivity index (χ1n) is 10.9. The van der Waals surface area contributed by atoms with Gasteiger partial charge in [0.15, 0.2) is 0 Å². The summed E-state index contributed by atoms with van der Waals surface area (Å²) in [5, 5.41) is 0. The summed E-state index contributed by atoms with van der Waals surface area (Å²) in [6, 6.07) is 0. The molecule has 2 aliphatic rings. The molecule has 0 N–H and O–H groups in total. The fourth-order valence-corrected chi connectivity index (χ4v) is 6.52. The molecule has 0 aliphatic heterocycles. The van der Waals surface area contributed by atoms with E-state index in [0.717, 1.165) is 38.5 Å². The van der Waals surface area contributed by atoms with Gasteiger partial charge in [-0.15, -0.1) is 0 Å². The number of carbonyl (C=O) groups is 1. The average molecular weight is 367 g/mol. The van der Waals surface area contributed by atoms with Crippen LogP contribution in [0.1, 0.15) is 107 Å². The van der Waals surface area contributed by atoms with E-state index in [1.807, 2.05) is 0 Å². The number of hydrogen-bond acceptors (Lipinski definition) is 3. The maximum atomic E-state index is 13.1. The molecule has 0 aromatic carbocycles. The average Bonchev–Trinajstić information content (AvgIpc) is 2.54. The highest BCUT2D eigenvalue weighted by molar-refractivity contribution is 5.62. The second-order valence-electron chi connectivity index (χ2n) is 10.3. The lowest BCUT2D eigenvalue weighted by Crippen LogP contribution is -2.58. The first-order valence-corrected chi connectivity index (χ1v) is 10.9. The van der Waals surface area contributed by atoms with Crippen molar-refractivity contribution in [2.24, 2.45) is 22.7 Å². The third-order valence-electron chi connectivity index (χ3n) is 8.34. The van der Waals surface area contributed by atoms with Crippen molar-refractivity contribution >= 4 is 6.16 Å². The van der Waals surface area contributed by atoms with E-state index in [9.17, 15) is 4.79 Å². The number of rotatable bonds is 4. The Morgan fingerprint density at radius 3 is 1.42 bits per heavy atom. The summed E-state index contributed by atoms with van der Waals surface area (Å²) in [4.78, 5) is 13.1. The van der Waals surface area contributed by atoms with Crippen molar-refractivity contribution in [1.82, 2.24) is 0 Å². The summed E-state index contributed by atoms with van der Waals surface area (Å²) in [6.07, 6.45) is 8.07. The van der Waals surface area contributed by atoms with Gasteiger partial charge in [-0.1, -0.05) is 68.2 Å². The normalized spacial score (nSPS) is 39.2. The second kappa shape index (κ2) is 7.36. The molecule has 2 aliphatic carbocycles. The molecule has 0 bridgehead atoms. The lowest BCUT2D eigenvalue weighted by molar-refractivity contribution is -0.198. The van der Waals surface area contributed by atoms with Gasteiger partial charge < -0.3 is 9.47 Å². The predicted octanol–water partition coefficient (Wildman–Crippen LogP) is 7.13. The van der Waals surface area contributed by atoms with Crippen LogP contribution >= 0.6 is 0 Å². The molecule has 0 heterocycles. The first kappa shape index (κ1) is 21.6. The Morgan fingerprint density at radius 1 is 0.808 bits per heavy atom. The molecular formula is C23H42O3. The highest BCUT2D eigenvalue weighted by atomic mass is 16.7. The highest BCUT2D eigenvalue weighted by Crippen LogP contribution is 2.54. The predicted molar refractivity (Wildman–Crippen MR) is 107 cm³/mol. The van der Waals surface area contributed by atoms with Crippen molar-refractivity contribution in [2.45, 2.75) is 118 Å². The molecule has 0 aromatic rings. The summed E-state index contributed by atoms with van der Waals surface area (Å²) in [5.74, 6) is 0.719. The number of hydrogen-bond donors (Lipinski definition) is 0. The van der Waals surface area contributed by atoms with Crippen LogP contribution in [0.25, 0.3) is 0 Å². The van der Waals surface area contributed by atoms with Crippen LogP contribution in [-0.2, 0) is 9.47 Å². The maximum absolute atomic E-state index is 13.1. The molecule has 2 rings (SSSR count). The first-order chi connectivity index (χ1) is 12.0. The Kier molecular flexibility index (Phi) is 6.10. The topological polar surface area (TPSA) is 35.5 Å². The van der Waals surface area contributed by atoms with E-state index in [1.54, 1.807) is 0 Å². The monoisotopic (exact) mass is 366 g/mol. The Balaban J connectivity index is 2.27. The van der Waals surface area contributed by atoms with Gasteiger partial charge in [0.05, 0.1) is 0 Å². The Labute approximate surface area is 161 Å². The smallest absolute Gasteiger partial charge is 0.427 e. The van der Waals surface area contributed by atoms with Gasteiger partial charge in [-0.05, 0) is 50.4 Å². The van der Waals surface area contributed by atoms with E-state index in [-0.39, 0.29) is 10.8 Å². The van der Waals surface area contributed by atoms with Crippen LogP contribution in [0.2, 0.25) is 0 Å².